The summed E-state index contributed by atoms with van der Waals surface area (Å²) in [7, 11) is -0.875. The van der Waals surface area contributed by atoms with Gasteiger partial charge in [-0.25, -0.2) is 9.78 Å². The molecule has 6 nitrogen and oxygen atoms in total. The van der Waals surface area contributed by atoms with Crippen LogP contribution in [0.3, 0.4) is 0 Å². The summed E-state index contributed by atoms with van der Waals surface area (Å²) < 4.78 is 18.4. The smallest absolute Gasteiger partial charge is 0.407 e. The first-order valence-corrected chi connectivity index (χ1v) is 8.19. The zero-order valence-electron chi connectivity index (χ0n) is 12.7. The highest BCUT2D eigenvalue weighted by atomic mass is 32.2. The number of alkyl carbamates (subject to hydrolysis) is 1. The van der Waals surface area contributed by atoms with Crippen molar-refractivity contribution in [3.8, 4) is 0 Å². The van der Waals surface area contributed by atoms with Crippen molar-refractivity contribution in [3.05, 3.63) is 18.2 Å². The molecule has 7 heteroatoms. The number of ether oxygens (including phenoxy) is 1. The maximum atomic E-state index is 11.6. The first-order valence-electron chi connectivity index (χ1n) is 6.46. The number of imidazole rings is 1. The second-order valence-corrected chi connectivity index (χ2v) is 7.22. The second-order valence-electron chi connectivity index (χ2n) is 5.74. The van der Waals surface area contributed by atoms with E-state index in [9.17, 15) is 9.00 Å². The van der Waals surface area contributed by atoms with E-state index in [0.29, 0.717) is 12.3 Å². The number of carbonyl (C=O) groups is 1. The highest BCUT2D eigenvalue weighted by Crippen LogP contribution is 2.11. The van der Waals surface area contributed by atoms with Gasteiger partial charge in [0.25, 0.3) is 0 Å². The summed E-state index contributed by atoms with van der Waals surface area (Å²) in [5, 5.41) is 2.69. The molecule has 0 aromatic carbocycles. The van der Waals surface area contributed by atoms with Crippen molar-refractivity contribution in [2.45, 2.75) is 45.9 Å². The minimum Gasteiger partial charge on any atom is -0.444 e. The topological polar surface area (TPSA) is 73.2 Å². The Morgan fingerprint density at radius 3 is 2.75 bits per heavy atom. The molecule has 0 saturated heterocycles. The van der Waals surface area contributed by atoms with Crippen LogP contribution in [-0.2, 0) is 22.1 Å². The Morgan fingerprint density at radius 1 is 1.55 bits per heavy atom. The van der Waals surface area contributed by atoms with Crippen molar-refractivity contribution in [1.82, 2.24) is 14.9 Å². The molecule has 1 amide bonds. The predicted molar refractivity (Wildman–Crippen MR) is 78.9 cm³/mol. The van der Waals surface area contributed by atoms with Gasteiger partial charge in [-0.05, 0) is 27.7 Å². The summed E-state index contributed by atoms with van der Waals surface area (Å²) in [6.45, 7) is 7.75. The maximum absolute atomic E-state index is 11.6. The van der Waals surface area contributed by atoms with Crippen LogP contribution in [0.1, 0.15) is 39.4 Å². The van der Waals surface area contributed by atoms with Crippen LogP contribution in [-0.4, -0.2) is 37.5 Å². The van der Waals surface area contributed by atoms with Crippen LogP contribution in [0.5, 0.6) is 0 Å². The van der Waals surface area contributed by atoms with Crippen molar-refractivity contribution in [1.29, 1.82) is 0 Å². The Morgan fingerprint density at radius 2 is 2.20 bits per heavy atom. The molecule has 0 fully saturated rings. The molecule has 0 aliphatic carbocycles. The molecule has 1 aromatic heterocycles. The Hall–Kier alpha value is -1.37. The number of aromatic nitrogens is 2. The lowest BCUT2D eigenvalue weighted by Crippen LogP contribution is -2.32. The molecule has 1 rings (SSSR count). The van der Waals surface area contributed by atoms with Gasteiger partial charge in [0, 0.05) is 35.0 Å². The number of carbonyl (C=O) groups excluding carboxylic acids is 1. The fourth-order valence-electron chi connectivity index (χ4n) is 1.76. The minimum atomic E-state index is -0.875. The van der Waals surface area contributed by atoms with Crippen LogP contribution in [0.15, 0.2) is 12.5 Å². The van der Waals surface area contributed by atoms with Gasteiger partial charge in [0.2, 0.25) is 0 Å². The van der Waals surface area contributed by atoms with E-state index in [1.54, 1.807) is 18.8 Å². The van der Waals surface area contributed by atoms with Gasteiger partial charge in [0.15, 0.2) is 0 Å². The van der Waals surface area contributed by atoms with Crippen molar-refractivity contribution in [2.75, 3.05) is 12.0 Å². The third-order valence-corrected chi connectivity index (χ3v) is 3.46. The molecule has 0 aliphatic heterocycles. The zero-order chi connectivity index (χ0) is 15.3. The van der Waals surface area contributed by atoms with Gasteiger partial charge in [0.1, 0.15) is 5.60 Å². The summed E-state index contributed by atoms with van der Waals surface area (Å²) in [4.78, 5) is 15.7. The Kier molecular flexibility index (Phi) is 5.74. The monoisotopic (exact) mass is 301 g/mol. The van der Waals surface area contributed by atoms with Crippen molar-refractivity contribution in [2.24, 2.45) is 0 Å². The largest absolute Gasteiger partial charge is 0.444 e. The van der Waals surface area contributed by atoms with E-state index >= 15 is 0 Å². The number of rotatable bonds is 5. The first kappa shape index (κ1) is 16.7. The first-order chi connectivity index (χ1) is 9.19. The molecule has 20 heavy (non-hydrogen) atoms. The molecular weight excluding hydrogens is 278 g/mol. The lowest BCUT2D eigenvalue weighted by molar-refractivity contribution is 0.0522. The third kappa shape index (κ3) is 5.73. The summed E-state index contributed by atoms with van der Waals surface area (Å²) >= 11 is 0. The molecule has 0 bridgehead atoms. The van der Waals surface area contributed by atoms with E-state index in [2.05, 4.69) is 10.3 Å². The fraction of sp³-hybridized carbons (Fsp3) is 0.692. The van der Waals surface area contributed by atoms with E-state index in [4.69, 9.17) is 4.74 Å². The Labute approximate surface area is 122 Å². The van der Waals surface area contributed by atoms with E-state index in [1.807, 2.05) is 32.3 Å². The standard InChI is InChI=1S/C13H23N3O3S/c1-10(8-20(5)18)16-9-14-6-11(16)7-15-12(17)19-13(2,3)4/h6,9-10H,7-8H2,1-5H3,(H,15,17). The van der Waals surface area contributed by atoms with Crippen LogP contribution >= 0.6 is 0 Å². The maximum Gasteiger partial charge on any atom is 0.407 e. The molecule has 114 valence electrons. The quantitative estimate of drug-likeness (QED) is 0.900. The summed E-state index contributed by atoms with van der Waals surface area (Å²) in [6.07, 6.45) is 4.58. The minimum absolute atomic E-state index is 0.0683. The lowest BCUT2D eigenvalue weighted by atomic mass is 10.2. The summed E-state index contributed by atoms with van der Waals surface area (Å²) in [5.41, 5.74) is 0.338. The number of amides is 1. The molecule has 0 spiro atoms. The van der Waals surface area contributed by atoms with Crippen molar-refractivity contribution in [3.63, 3.8) is 0 Å². The van der Waals surface area contributed by atoms with Gasteiger partial charge in [-0.2, -0.15) is 0 Å². The van der Waals surface area contributed by atoms with E-state index in [0.717, 1.165) is 5.69 Å². The van der Waals surface area contributed by atoms with Gasteiger partial charge in [-0.1, -0.05) is 0 Å². The van der Waals surface area contributed by atoms with Gasteiger partial charge in [-0.3, -0.25) is 4.21 Å². The average molecular weight is 301 g/mol. The Bertz CT molecular complexity index is 479. The molecule has 1 N–H and O–H groups in total. The van der Waals surface area contributed by atoms with Crippen LogP contribution in [0.25, 0.3) is 0 Å². The van der Waals surface area contributed by atoms with Gasteiger partial charge in [0.05, 0.1) is 18.6 Å². The van der Waals surface area contributed by atoms with Gasteiger partial charge < -0.3 is 14.6 Å². The SMILES string of the molecule is CC(CS(C)=O)n1cncc1CNC(=O)OC(C)(C)C. The van der Waals surface area contributed by atoms with Gasteiger partial charge in [-0.15, -0.1) is 0 Å². The zero-order valence-corrected chi connectivity index (χ0v) is 13.5. The highest BCUT2D eigenvalue weighted by Gasteiger charge is 2.17. The molecule has 0 aliphatic rings. The fourth-order valence-corrected chi connectivity index (χ4v) is 2.60. The number of hydrogen-bond donors (Lipinski definition) is 1. The Balaban J connectivity index is 2.59. The molecule has 0 saturated carbocycles. The molecule has 0 radical (unpaired) electrons. The van der Waals surface area contributed by atoms with Gasteiger partial charge >= 0.3 is 6.09 Å². The summed E-state index contributed by atoms with van der Waals surface area (Å²) in [5.74, 6) is 0.551. The average Bonchev–Trinajstić information content (AvgIpc) is 2.70. The number of hydrogen-bond acceptors (Lipinski definition) is 4. The van der Waals surface area contributed by atoms with E-state index in [-0.39, 0.29) is 6.04 Å². The molecule has 1 heterocycles. The van der Waals surface area contributed by atoms with Crippen molar-refractivity contribution >= 4 is 16.9 Å². The summed E-state index contributed by atoms with van der Waals surface area (Å²) in [6, 6.07) is 0.0683. The van der Waals surface area contributed by atoms with Crippen LogP contribution in [0.2, 0.25) is 0 Å². The number of nitrogens with zero attached hydrogens (tertiary/aromatic N) is 2. The van der Waals surface area contributed by atoms with E-state index in [1.165, 1.54) is 0 Å². The lowest BCUT2D eigenvalue weighted by Gasteiger charge is -2.20. The molecule has 2 unspecified atom stereocenters. The molecular formula is C13H23N3O3S. The predicted octanol–water partition coefficient (Wildman–Crippen LogP) is 1.85. The van der Waals surface area contributed by atoms with Crippen LogP contribution in [0, 0.1) is 0 Å². The van der Waals surface area contributed by atoms with E-state index < -0.39 is 22.5 Å². The molecule has 1 aromatic rings. The van der Waals surface area contributed by atoms with Crippen molar-refractivity contribution < 1.29 is 13.7 Å². The van der Waals surface area contributed by atoms with Crippen LogP contribution in [0.4, 0.5) is 4.79 Å². The normalized spacial score (nSPS) is 14.7. The molecule has 2 atom stereocenters. The highest BCUT2D eigenvalue weighted by molar-refractivity contribution is 7.84. The third-order valence-electron chi connectivity index (χ3n) is 2.51. The number of nitrogens with one attached hydrogen (secondary N) is 1. The van der Waals surface area contributed by atoms with Crippen LogP contribution < -0.4 is 5.32 Å². The second kappa shape index (κ2) is 6.88.